The van der Waals surface area contributed by atoms with Gasteiger partial charge in [-0.2, -0.15) is 0 Å². The lowest BCUT2D eigenvalue weighted by molar-refractivity contribution is -0.132. The predicted molar refractivity (Wildman–Crippen MR) is 117 cm³/mol. The molecule has 0 spiro atoms. The van der Waals surface area contributed by atoms with E-state index in [9.17, 15) is 9.18 Å². The lowest BCUT2D eigenvalue weighted by Gasteiger charge is -2.35. The molecule has 0 aliphatic carbocycles. The molecule has 0 saturated carbocycles. The molecule has 2 aromatic heterocycles. The molecule has 1 aliphatic rings. The van der Waals surface area contributed by atoms with Crippen LogP contribution in [0.1, 0.15) is 11.8 Å². The molecule has 9 heteroatoms. The van der Waals surface area contributed by atoms with E-state index in [1.54, 1.807) is 22.9 Å². The summed E-state index contributed by atoms with van der Waals surface area (Å²) < 4.78 is 14.8. The Morgan fingerprint density at radius 3 is 2.72 bits per heavy atom. The third-order valence-electron chi connectivity index (χ3n) is 4.83. The number of benzene rings is 1. The number of thioether (sulfide) groups is 1. The van der Waals surface area contributed by atoms with Crippen LogP contribution < -0.4 is 0 Å². The minimum Gasteiger partial charge on any atom is -0.339 e. The van der Waals surface area contributed by atoms with Gasteiger partial charge in [-0.05, 0) is 25.1 Å². The second-order valence-corrected chi connectivity index (χ2v) is 10.4. The van der Waals surface area contributed by atoms with Gasteiger partial charge < -0.3 is 4.90 Å². The maximum atomic E-state index is 14.0. The highest BCUT2D eigenvalue weighted by Crippen LogP contribution is 2.31. The molecule has 5 nitrogen and oxygen atoms in total. The molecule has 1 unspecified atom stereocenters. The summed E-state index contributed by atoms with van der Waals surface area (Å²) in [5.74, 6) is -0.0311. The fourth-order valence-electron chi connectivity index (χ4n) is 3.29. The maximum absolute atomic E-state index is 14.0. The van der Waals surface area contributed by atoms with Crippen molar-refractivity contribution in [2.24, 2.45) is 0 Å². The molecule has 1 atom stereocenters. The molecule has 3 aromatic rings. The van der Waals surface area contributed by atoms with Gasteiger partial charge in [-0.1, -0.05) is 41.3 Å². The highest BCUT2D eigenvalue weighted by molar-refractivity contribution is 8.02. The molecule has 29 heavy (non-hydrogen) atoms. The molecular weight excluding hydrogens is 427 g/mol. The number of amides is 1. The number of piperazine rings is 1. The molecule has 1 aromatic carbocycles. The number of carbonyl (C=O) groups excluding carboxylic acids is 1. The van der Waals surface area contributed by atoms with Crippen LogP contribution in [0.15, 0.2) is 46.2 Å². The first-order valence-corrected chi connectivity index (χ1v) is 12.0. The quantitative estimate of drug-likeness (QED) is 0.528. The van der Waals surface area contributed by atoms with Crippen LogP contribution >= 0.6 is 34.4 Å². The smallest absolute Gasteiger partial charge is 0.235 e. The average molecular weight is 449 g/mol. The molecular formula is C20H21FN4OS3. The van der Waals surface area contributed by atoms with Gasteiger partial charge in [0.05, 0.1) is 5.25 Å². The number of rotatable bonds is 6. The van der Waals surface area contributed by atoms with Gasteiger partial charge in [0, 0.05) is 48.0 Å². The fourth-order valence-corrected chi connectivity index (χ4v) is 6.08. The summed E-state index contributed by atoms with van der Waals surface area (Å²) in [6.07, 6.45) is 0. The predicted octanol–water partition coefficient (Wildman–Crippen LogP) is 4.23. The van der Waals surface area contributed by atoms with Crippen molar-refractivity contribution >= 4 is 40.3 Å². The summed E-state index contributed by atoms with van der Waals surface area (Å²) in [5, 5.41) is 7.66. The second-order valence-electron chi connectivity index (χ2n) is 6.81. The summed E-state index contributed by atoms with van der Waals surface area (Å²) in [5.41, 5.74) is 2.33. The third kappa shape index (κ3) is 5.03. The molecule has 0 N–H and O–H groups in total. The zero-order valence-corrected chi connectivity index (χ0v) is 18.4. The third-order valence-corrected chi connectivity index (χ3v) is 7.83. The monoisotopic (exact) mass is 448 g/mol. The van der Waals surface area contributed by atoms with Gasteiger partial charge in [0.25, 0.3) is 0 Å². The van der Waals surface area contributed by atoms with Crippen LogP contribution in [0.4, 0.5) is 4.39 Å². The number of halogens is 1. The standard InChI is InChI=1S/C20H21FN4OS3/c1-14(28-20-23-22-13-27-20)19(26)25-10-8-24(9-11-25)12-15-6-7-18(29-15)16-4-2-3-5-17(16)21/h2-7,13-14H,8-12H2,1H3. The van der Waals surface area contributed by atoms with Crippen molar-refractivity contribution in [2.45, 2.75) is 23.1 Å². The zero-order valence-electron chi connectivity index (χ0n) is 16.0. The Morgan fingerprint density at radius 1 is 1.21 bits per heavy atom. The van der Waals surface area contributed by atoms with Crippen molar-refractivity contribution in [3.05, 3.63) is 52.6 Å². The van der Waals surface area contributed by atoms with Gasteiger partial charge in [0.2, 0.25) is 5.91 Å². The van der Waals surface area contributed by atoms with Gasteiger partial charge in [0.1, 0.15) is 11.3 Å². The largest absolute Gasteiger partial charge is 0.339 e. The zero-order chi connectivity index (χ0) is 20.2. The van der Waals surface area contributed by atoms with Crippen LogP contribution in [-0.2, 0) is 11.3 Å². The lowest BCUT2D eigenvalue weighted by Crippen LogP contribution is -2.50. The van der Waals surface area contributed by atoms with Crippen LogP contribution in [0.5, 0.6) is 0 Å². The van der Waals surface area contributed by atoms with Gasteiger partial charge in [-0.3, -0.25) is 9.69 Å². The molecule has 0 radical (unpaired) electrons. The van der Waals surface area contributed by atoms with Crippen molar-refractivity contribution < 1.29 is 9.18 Å². The highest BCUT2D eigenvalue weighted by Gasteiger charge is 2.26. The Labute approximate surface area is 181 Å². The van der Waals surface area contributed by atoms with Crippen molar-refractivity contribution in [3.8, 4) is 10.4 Å². The Kier molecular flexibility index (Phi) is 6.59. The second kappa shape index (κ2) is 9.34. The van der Waals surface area contributed by atoms with E-state index >= 15 is 0 Å². The minimum atomic E-state index is -0.187. The number of thiophene rings is 1. The van der Waals surface area contributed by atoms with Gasteiger partial charge >= 0.3 is 0 Å². The van der Waals surface area contributed by atoms with E-state index < -0.39 is 0 Å². The summed E-state index contributed by atoms with van der Waals surface area (Å²) in [6.45, 7) is 5.90. The molecule has 1 aliphatic heterocycles. The van der Waals surface area contributed by atoms with E-state index in [-0.39, 0.29) is 17.0 Å². The molecule has 1 fully saturated rings. The molecule has 3 heterocycles. The Hall–Kier alpha value is -1.81. The van der Waals surface area contributed by atoms with Crippen LogP contribution in [-0.4, -0.2) is 57.3 Å². The van der Waals surface area contributed by atoms with E-state index in [1.807, 2.05) is 30.0 Å². The number of carbonyl (C=O) groups is 1. The van der Waals surface area contributed by atoms with Crippen molar-refractivity contribution in [1.29, 1.82) is 0 Å². The summed E-state index contributed by atoms with van der Waals surface area (Å²) >= 11 is 4.56. The van der Waals surface area contributed by atoms with E-state index in [4.69, 9.17) is 0 Å². The summed E-state index contributed by atoms with van der Waals surface area (Å²) in [6, 6.07) is 10.9. The maximum Gasteiger partial charge on any atom is 0.235 e. The van der Waals surface area contributed by atoms with E-state index in [1.165, 1.54) is 34.0 Å². The Morgan fingerprint density at radius 2 is 2.00 bits per heavy atom. The molecule has 4 rings (SSSR count). The van der Waals surface area contributed by atoms with E-state index in [2.05, 4.69) is 21.2 Å². The molecule has 1 amide bonds. The molecule has 152 valence electrons. The number of nitrogens with zero attached hydrogens (tertiary/aromatic N) is 4. The Bertz CT molecular complexity index is 954. The van der Waals surface area contributed by atoms with Crippen molar-refractivity contribution in [1.82, 2.24) is 20.0 Å². The van der Waals surface area contributed by atoms with Gasteiger partial charge in [0.15, 0.2) is 4.34 Å². The minimum absolute atomic E-state index is 0.155. The van der Waals surface area contributed by atoms with E-state index in [0.29, 0.717) is 5.56 Å². The summed E-state index contributed by atoms with van der Waals surface area (Å²) in [4.78, 5) is 19.1. The molecule has 1 saturated heterocycles. The van der Waals surface area contributed by atoms with Crippen molar-refractivity contribution in [2.75, 3.05) is 26.2 Å². The Balaban J connectivity index is 1.29. The number of hydrogen-bond donors (Lipinski definition) is 0. The number of hydrogen-bond acceptors (Lipinski definition) is 7. The first-order chi connectivity index (χ1) is 14.1. The topological polar surface area (TPSA) is 49.3 Å². The lowest BCUT2D eigenvalue weighted by atomic mass is 10.2. The van der Waals surface area contributed by atoms with Gasteiger partial charge in [-0.15, -0.1) is 21.5 Å². The van der Waals surface area contributed by atoms with Crippen LogP contribution in [0.25, 0.3) is 10.4 Å². The van der Waals surface area contributed by atoms with Crippen LogP contribution in [0, 0.1) is 5.82 Å². The van der Waals surface area contributed by atoms with Crippen molar-refractivity contribution in [3.63, 3.8) is 0 Å². The highest BCUT2D eigenvalue weighted by atomic mass is 32.2. The summed E-state index contributed by atoms with van der Waals surface area (Å²) in [7, 11) is 0. The van der Waals surface area contributed by atoms with Gasteiger partial charge in [-0.25, -0.2) is 4.39 Å². The number of aromatic nitrogens is 2. The first-order valence-electron chi connectivity index (χ1n) is 9.38. The fraction of sp³-hybridized carbons (Fsp3) is 0.350. The first kappa shape index (κ1) is 20.5. The average Bonchev–Trinajstić information content (AvgIpc) is 3.40. The normalized spacial score (nSPS) is 16.1. The van der Waals surface area contributed by atoms with Crippen LogP contribution in [0.2, 0.25) is 0 Å². The molecule has 0 bridgehead atoms. The van der Waals surface area contributed by atoms with Crippen LogP contribution in [0.3, 0.4) is 0 Å². The van der Waals surface area contributed by atoms with E-state index in [0.717, 1.165) is 41.9 Å². The SMILES string of the molecule is CC(Sc1nncs1)C(=O)N1CCN(Cc2ccc(-c3ccccc3F)s2)CC1.